The molecule has 1 fully saturated rings. The minimum absolute atomic E-state index is 0.147. The van der Waals surface area contributed by atoms with Gasteiger partial charge in [0.2, 0.25) is 0 Å². The van der Waals surface area contributed by atoms with Gasteiger partial charge in [0.15, 0.2) is 5.78 Å². The van der Waals surface area contributed by atoms with E-state index in [1.54, 1.807) is 0 Å². The van der Waals surface area contributed by atoms with Crippen molar-refractivity contribution in [3.63, 3.8) is 0 Å². The Bertz CT molecular complexity index is 424. The van der Waals surface area contributed by atoms with Crippen molar-refractivity contribution in [2.24, 2.45) is 17.6 Å². The molecule has 0 bridgehead atoms. The molecule has 3 atom stereocenters. The van der Waals surface area contributed by atoms with Crippen LogP contribution in [0.5, 0.6) is 0 Å². The average molecular weight is 259 g/mol. The molecule has 2 nitrogen and oxygen atoms in total. The van der Waals surface area contributed by atoms with Crippen molar-refractivity contribution in [2.45, 2.75) is 51.5 Å². The molecule has 2 rings (SSSR count). The van der Waals surface area contributed by atoms with E-state index in [2.05, 4.69) is 6.92 Å². The maximum atomic E-state index is 12.9. The summed E-state index contributed by atoms with van der Waals surface area (Å²) in [7, 11) is 0. The first-order valence-corrected chi connectivity index (χ1v) is 7.46. The standard InChI is InChI=1S/C17H25NO/c1-3-13-9-7-8-12-15(13)16(19)17(2,18)14-10-5-4-6-11-14/h4-6,10-11,13,15H,3,7-9,12,18H2,1-2H3. The number of Topliss-reactive ketones (excluding diaryl/α,β-unsaturated/α-hetero) is 1. The maximum absolute atomic E-state index is 12.9. The second kappa shape index (κ2) is 5.87. The van der Waals surface area contributed by atoms with E-state index < -0.39 is 5.54 Å². The van der Waals surface area contributed by atoms with Gasteiger partial charge < -0.3 is 5.73 Å². The molecule has 1 aromatic rings. The van der Waals surface area contributed by atoms with Crippen molar-refractivity contribution in [1.29, 1.82) is 0 Å². The summed E-state index contributed by atoms with van der Waals surface area (Å²) in [5, 5.41) is 0. The highest BCUT2D eigenvalue weighted by Gasteiger charge is 2.39. The Balaban J connectivity index is 2.22. The van der Waals surface area contributed by atoms with Crippen LogP contribution in [0.1, 0.15) is 51.5 Å². The molecule has 0 spiro atoms. The Morgan fingerprint density at radius 2 is 1.89 bits per heavy atom. The largest absolute Gasteiger partial charge is 0.315 e. The van der Waals surface area contributed by atoms with Crippen molar-refractivity contribution < 1.29 is 4.79 Å². The minimum Gasteiger partial charge on any atom is -0.315 e. The molecule has 1 aliphatic carbocycles. The van der Waals surface area contributed by atoms with Crippen molar-refractivity contribution >= 4 is 5.78 Å². The summed E-state index contributed by atoms with van der Waals surface area (Å²) >= 11 is 0. The quantitative estimate of drug-likeness (QED) is 0.897. The smallest absolute Gasteiger partial charge is 0.160 e. The molecular formula is C17H25NO. The summed E-state index contributed by atoms with van der Waals surface area (Å²) in [6.07, 6.45) is 5.70. The number of carbonyl (C=O) groups is 1. The lowest BCUT2D eigenvalue weighted by atomic mass is 9.70. The molecule has 2 heteroatoms. The normalized spacial score (nSPS) is 26.7. The van der Waals surface area contributed by atoms with Crippen LogP contribution in [-0.2, 0) is 10.3 Å². The zero-order valence-electron chi connectivity index (χ0n) is 12.1. The van der Waals surface area contributed by atoms with Crippen LogP contribution in [0, 0.1) is 11.8 Å². The van der Waals surface area contributed by atoms with E-state index in [0.717, 1.165) is 24.8 Å². The van der Waals surface area contributed by atoms with Gasteiger partial charge in [-0.15, -0.1) is 0 Å². The Labute approximate surface area is 116 Å². The second-order valence-corrected chi connectivity index (χ2v) is 5.99. The number of rotatable bonds is 4. The van der Waals surface area contributed by atoms with E-state index >= 15 is 0 Å². The molecule has 0 heterocycles. The SMILES string of the molecule is CCC1CCCCC1C(=O)C(C)(N)c1ccccc1. The van der Waals surface area contributed by atoms with E-state index in [1.165, 1.54) is 12.8 Å². The van der Waals surface area contributed by atoms with E-state index in [0.29, 0.717) is 5.92 Å². The summed E-state index contributed by atoms with van der Waals surface area (Å²) in [4.78, 5) is 12.9. The molecule has 0 aliphatic heterocycles. The summed E-state index contributed by atoms with van der Waals surface area (Å²) in [6.45, 7) is 4.05. The lowest BCUT2D eigenvalue weighted by Gasteiger charge is -2.35. The third kappa shape index (κ3) is 2.89. The number of carbonyl (C=O) groups excluding carboxylic acids is 1. The van der Waals surface area contributed by atoms with Gasteiger partial charge >= 0.3 is 0 Å². The molecule has 104 valence electrons. The Hall–Kier alpha value is -1.15. The van der Waals surface area contributed by atoms with Gasteiger partial charge in [-0.2, -0.15) is 0 Å². The lowest BCUT2D eigenvalue weighted by Crippen LogP contribution is -2.47. The van der Waals surface area contributed by atoms with Gasteiger partial charge in [0, 0.05) is 5.92 Å². The van der Waals surface area contributed by atoms with Crippen molar-refractivity contribution in [3.05, 3.63) is 35.9 Å². The van der Waals surface area contributed by atoms with E-state index in [4.69, 9.17) is 5.73 Å². The van der Waals surface area contributed by atoms with Crippen LogP contribution in [-0.4, -0.2) is 5.78 Å². The number of hydrogen-bond donors (Lipinski definition) is 1. The van der Waals surface area contributed by atoms with Gasteiger partial charge in [-0.05, 0) is 31.2 Å². The predicted octanol–water partition coefficient (Wildman–Crippen LogP) is 3.65. The molecule has 0 aromatic heterocycles. The molecule has 2 N–H and O–H groups in total. The zero-order valence-corrected chi connectivity index (χ0v) is 12.1. The molecule has 0 radical (unpaired) electrons. The highest BCUT2D eigenvalue weighted by molar-refractivity contribution is 5.91. The predicted molar refractivity (Wildman–Crippen MR) is 78.7 cm³/mol. The van der Waals surface area contributed by atoms with Crippen LogP contribution in [0.3, 0.4) is 0 Å². The fourth-order valence-corrected chi connectivity index (χ4v) is 3.35. The molecule has 0 saturated heterocycles. The molecule has 1 saturated carbocycles. The summed E-state index contributed by atoms with van der Waals surface area (Å²) in [6, 6.07) is 9.78. The fourth-order valence-electron chi connectivity index (χ4n) is 3.35. The average Bonchev–Trinajstić information content (AvgIpc) is 2.47. The van der Waals surface area contributed by atoms with Crippen LogP contribution in [0.4, 0.5) is 0 Å². The topological polar surface area (TPSA) is 43.1 Å². The first kappa shape index (κ1) is 14.3. The Morgan fingerprint density at radius 1 is 1.26 bits per heavy atom. The highest BCUT2D eigenvalue weighted by Crippen LogP contribution is 2.36. The van der Waals surface area contributed by atoms with Gasteiger partial charge in [0.05, 0.1) is 5.54 Å². The number of ketones is 1. The van der Waals surface area contributed by atoms with Crippen molar-refractivity contribution in [2.75, 3.05) is 0 Å². The van der Waals surface area contributed by atoms with Crippen LogP contribution >= 0.6 is 0 Å². The molecule has 0 amide bonds. The van der Waals surface area contributed by atoms with Crippen LogP contribution < -0.4 is 5.73 Å². The molecule has 19 heavy (non-hydrogen) atoms. The van der Waals surface area contributed by atoms with E-state index in [-0.39, 0.29) is 11.7 Å². The highest BCUT2D eigenvalue weighted by atomic mass is 16.1. The van der Waals surface area contributed by atoms with Gasteiger partial charge in [-0.3, -0.25) is 4.79 Å². The van der Waals surface area contributed by atoms with Crippen molar-refractivity contribution in [1.82, 2.24) is 0 Å². The first-order valence-electron chi connectivity index (χ1n) is 7.46. The number of benzene rings is 1. The monoisotopic (exact) mass is 259 g/mol. The van der Waals surface area contributed by atoms with Gasteiger partial charge in [0.25, 0.3) is 0 Å². The van der Waals surface area contributed by atoms with Gasteiger partial charge in [-0.25, -0.2) is 0 Å². The van der Waals surface area contributed by atoms with Crippen LogP contribution in [0.2, 0.25) is 0 Å². The fraction of sp³-hybridized carbons (Fsp3) is 0.588. The first-order chi connectivity index (χ1) is 9.07. The third-order valence-electron chi connectivity index (χ3n) is 4.66. The van der Waals surface area contributed by atoms with E-state index in [9.17, 15) is 4.79 Å². The zero-order chi connectivity index (χ0) is 13.9. The Kier molecular flexibility index (Phi) is 4.41. The second-order valence-electron chi connectivity index (χ2n) is 5.99. The molecule has 1 aliphatic rings. The maximum Gasteiger partial charge on any atom is 0.160 e. The molecular weight excluding hydrogens is 234 g/mol. The molecule has 1 aromatic carbocycles. The number of nitrogens with two attached hydrogens (primary N) is 1. The van der Waals surface area contributed by atoms with E-state index in [1.807, 2.05) is 37.3 Å². The summed E-state index contributed by atoms with van der Waals surface area (Å²) < 4.78 is 0. The summed E-state index contributed by atoms with van der Waals surface area (Å²) in [5.41, 5.74) is 6.46. The lowest BCUT2D eigenvalue weighted by molar-refractivity contribution is -0.130. The third-order valence-corrected chi connectivity index (χ3v) is 4.66. The van der Waals surface area contributed by atoms with Crippen molar-refractivity contribution in [3.8, 4) is 0 Å². The van der Waals surface area contributed by atoms with Gasteiger partial charge in [-0.1, -0.05) is 56.5 Å². The summed E-state index contributed by atoms with van der Waals surface area (Å²) in [5.74, 6) is 0.895. The number of hydrogen-bond acceptors (Lipinski definition) is 2. The van der Waals surface area contributed by atoms with Gasteiger partial charge in [0.1, 0.15) is 0 Å². The minimum atomic E-state index is -0.851. The Morgan fingerprint density at radius 3 is 2.53 bits per heavy atom. The van der Waals surface area contributed by atoms with Crippen LogP contribution in [0.25, 0.3) is 0 Å². The molecule has 3 unspecified atom stereocenters. The van der Waals surface area contributed by atoms with Crippen LogP contribution in [0.15, 0.2) is 30.3 Å².